The fourth-order valence-electron chi connectivity index (χ4n) is 1.99. The number of benzene rings is 1. The Morgan fingerprint density at radius 1 is 1.59 bits per heavy atom. The maximum absolute atomic E-state index is 13.2. The van der Waals surface area contributed by atoms with Crippen LogP contribution in [0.3, 0.4) is 0 Å². The lowest BCUT2D eigenvalue weighted by Gasteiger charge is -2.26. The molecule has 1 aliphatic rings. The highest BCUT2D eigenvalue weighted by molar-refractivity contribution is 7.98. The summed E-state index contributed by atoms with van der Waals surface area (Å²) in [4.78, 5) is 6.18. The molecule has 0 bridgehead atoms. The van der Waals surface area contributed by atoms with Gasteiger partial charge in [0, 0.05) is 5.69 Å². The Hall–Kier alpha value is -1.23. The molecule has 0 saturated heterocycles. The molecule has 0 aliphatic carbocycles. The van der Waals surface area contributed by atoms with Crippen LogP contribution in [0.2, 0.25) is 0 Å². The second-order valence-corrected chi connectivity index (χ2v) is 4.97. The van der Waals surface area contributed by atoms with Crippen molar-refractivity contribution < 1.29 is 4.39 Å². The summed E-state index contributed by atoms with van der Waals surface area (Å²) in [5.41, 5.74) is 6.66. The van der Waals surface area contributed by atoms with Crippen LogP contribution in [0.1, 0.15) is 6.42 Å². The third kappa shape index (κ3) is 2.72. The SMILES string of the molecule is CSCCC1CN=C(N)N1c1cccc(F)c1. The second-order valence-electron chi connectivity index (χ2n) is 3.98. The van der Waals surface area contributed by atoms with Gasteiger partial charge in [0.15, 0.2) is 5.96 Å². The summed E-state index contributed by atoms with van der Waals surface area (Å²) in [6.45, 7) is 0.697. The molecule has 0 spiro atoms. The Balaban J connectivity index is 2.18. The van der Waals surface area contributed by atoms with Crippen LogP contribution in [0.15, 0.2) is 29.3 Å². The predicted molar refractivity (Wildman–Crippen MR) is 72.2 cm³/mol. The number of thioether (sulfide) groups is 1. The third-order valence-electron chi connectivity index (χ3n) is 2.82. The molecule has 5 heteroatoms. The van der Waals surface area contributed by atoms with Gasteiger partial charge in [-0.05, 0) is 36.6 Å². The number of hydrogen-bond donors (Lipinski definition) is 1. The molecule has 2 rings (SSSR count). The largest absolute Gasteiger partial charge is 0.370 e. The summed E-state index contributed by atoms with van der Waals surface area (Å²) in [6.07, 6.45) is 3.08. The highest BCUT2D eigenvalue weighted by Gasteiger charge is 2.26. The van der Waals surface area contributed by atoms with Crippen molar-refractivity contribution in [1.82, 2.24) is 0 Å². The number of nitrogens with zero attached hydrogens (tertiary/aromatic N) is 2. The first-order valence-corrected chi connectivity index (χ1v) is 6.95. The van der Waals surface area contributed by atoms with Gasteiger partial charge < -0.3 is 10.6 Å². The lowest BCUT2D eigenvalue weighted by molar-refractivity contribution is 0.625. The van der Waals surface area contributed by atoms with Crippen molar-refractivity contribution in [2.24, 2.45) is 10.7 Å². The van der Waals surface area contributed by atoms with E-state index in [1.165, 1.54) is 12.1 Å². The van der Waals surface area contributed by atoms with Crippen LogP contribution in [0.25, 0.3) is 0 Å². The second kappa shape index (κ2) is 5.40. The van der Waals surface area contributed by atoms with Gasteiger partial charge in [0.2, 0.25) is 0 Å². The number of anilines is 1. The summed E-state index contributed by atoms with van der Waals surface area (Å²) >= 11 is 1.80. The van der Waals surface area contributed by atoms with Gasteiger partial charge in [0.05, 0.1) is 12.6 Å². The van der Waals surface area contributed by atoms with Crippen LogP contribution in [0, 0.1) is 5.82 Å². The van der Waals surface area contributed by atoms with E-state index < -0.39 is 0 Å². The molecule has 92 valence electrons. The number of rotatable bonds is 4. The van der Waals surface area contributed by atoms with Gasteiger partial charge in [0.25, 0.3) is 0 Å². The summed E-state index contributed by atoms with van der Waals surface area (Å²) < 4.78 is 13.2. The molecule has 0 amide bonds. The van der Waals surface area contributed by atoms with E-state index in [2.05, 4.69) is 11.2 Å². The zero-order valence-corrected chi connectivity index (χ0v) is 10.6. The number of halogens is 1. The molecule has 1 aromatic rings. The predicted octanol–water partition coefficient (Wildman–Crippen LogP) is 2.08. The van der Waals surface area contributed by atoms with Gasteiger partial charge in [0.1, 0.15) is 5.82 Å². The molecule has 1 heterocycles. The lowest BCUT2D eigenvalue weighted by Crippen LogP contribution is -2.41. The van der Waals surface area contributed by atoms with Gasteiger partial charge in [-0.25, -0.2) is 4.39 Å². The smallest absolute Gasteiger partial charge is 0.196 e. The molecule has 1 aromatic carbocycles. The van der Waals surface area contributed by atoms with Gasteiger partial charge in [-0.15, -0.1) is 0 Å². The molecule has 2 N–H and O–H groups in total. The van der Waals surface area contributed by atoms with E-state index in [1.54, 1.807) is 17.8 Å². The molecule has 0 aromatic heterocycles. The zero-order chi connectivity index (χ0) is 12.3. The summed E-state index contributed by atoms with van der Waals surface area (Å²) in [5.74, 6) is 1.30. The van der Waals surface area contributed by atoms with Gasteiger partial charge in [-0.3, -0.25) is 4.99 Å². The quantitative estimate of drug-likeness (QED) is 0.893. The Morgan fingerprint density at radius 3 is 3.12 bits per heavy atom. The standard InChI is InChI=1S/C12H16FN3S/c1-17-6-5-11-8-15-12(14)16(11)10-4-2-3-9(13)7-10/h2-4,7,11H,5-6,8H2,1H3,(H2,14,15). The maximum Gasteiger partial charge on any atom is 0.196 e. The third-order valence-corrected chi connectivity index (χ3v) is 3.46. The topological polar surface area (TPSA) is 41.6 Å². The van der Waals surface area contributed by atoms with Gasteiger partial charge in [-0.1, -0.05) is 6.07 Å². The minimum Gasteiger partial charge on any atom is -0.370 e. The Morgan fingerprint density at radius 2 is 2.41 bits per heavy atom. The first-order valence-electron chi connectivity index (χ1n) is 5.56. The maximum atomic E-state index is 13.2. The van der Waals surface area contributed by atoms with Crippen molar-refractivity contribution in [3.8, 4) is 0 Å². The molecule has 0 saturated carbocycles. The van der Waals surface area contributed by atoms with Crippen LogP contribution in [-0.4, -0.2) is 30.6 Å². The minimum absolute atomic E-state index is 0.245. The Labute approximate surface area is 105 Å². The van der Waals surface area contributed by atoms with E-state index in [-0.39, 0.29) is 11.9 Å². The van der Waals surface area contributed by atoms with Crippen molar-refractivity contribution in [1.29, 1.82) is 0 Å². The average molecular weight is 253 g/mol. The van der Waals surface area contributed by atoms with Gasteiger partial charge >= 0.3 is 0 Å². The Bertz CT molecular complexity index is 422. The van der Waals surface area contributed by atoms with Crippen molar-refractivity contribution in [2.45, 2.75) is 12.5 Å². The van der Waals surface area contributed by atoms with E-state index in [4.69, 9.17) is 5.73 Å². The molecular weight excluding hydrogens is 237 g/mol. The molecule has 0 fully saturated rings. The monoisotopic (exact) mass is 253 g/mol. The van der Waals surface area contributed by atoms with Crippen LogP contribution >= 0.6 is 11.8 Å². The number of guanidine groups is 1. The summed E-state index contributed by atoms with van der Waals surface area (Å²) in [7, 11) is 0. The van der Waals surface area contributed by atoms with E-state index >= 15 is 0 Å². The highest BCUT2D eigenvalue weighted by Crippen LogP contribution is 2.23. The van der Waals surface area contributed by atoms with E-state index in [1.807, 2.05) is 11.0 Å². The van der Waals surface area contributed by atoms with Crippen LogP contribution < -0.4 is 10.6 Å². The highest BCUT2D eigenvalue weighted by atomic mass is 32.2. The van der Waals surface area contributed by atoms with Gasteiger partial charge in [-0.2, -0.15) is 11.8 Å². The molecule has 3 nitrogen and oxygen atoms in total. The van der Waals surface area contributed by atoms with E-state index in [0.29, 0.717) is 12.5 Å². The summed E-state index contributed by atoms with van der Waals surface area (Å²) in [6, 6.07) is 6.75. The first-order chi connectivity index (χ1) is 8.22. The van der Waals surface area contributed by atoms with Crippen LogP contribution in [0.5, 0.6) is 0 Å². The van der Waals surface area contributed by atoms with E-state index in [9.17, 15) is 4.39 Å². The first kappa shape index (κ1) is 12.2. The molecule has 1 atom stereocenters. The fourth-order valence-corrected chi connectivity index (χ4v) is 2.49. The number of aliphatic imine (C=N–C) groups is 1. The van der Waals surface area contributed by atoms with Crippen LogP contribution in [0.4, 0.5) is 10.1 Å². The van der Waals surface area contributed by atoms with E-state index in [0.717, 1.165) is 17.9 Å². The molecule has 1 aliphatic heterocycles. The van der Waals surface area contributed by atoms with Crippen molar-refractivity contribution in [2.75, 3.05) is 23.5 Å². The summed E-state index contributed by atoms with van der Waals surface area (Å²) in [5, 5.41) is 0. The molecular formula is C12H16FN3S. The molecule has 17 heavy (non-hydrogen) atoms. The van der Waals surface area contributed by atoms with Crippen molar-refractivity contribution in [3.05, 3.63) is 30.1 Å². The normalized spacial score (nSPS) is 19.5. The number of hydrogen-bond acceptors (Lipinski definition) is 4. The van der Waals surface area contributed by atoms with Crippen molar-refractivity contribution in [3.63, 3.8) is 0 Å². The van der Waals surface area contributed by atoms with Crippen LogP contribution in [-0.2, 0) is 0 Å². The lowest BCUT2D eigenvalue weighted by atomic mass is 10.2. The molecule has 0 radical (unpaired) electrons. The zero-order valence-electron chi connectivity index (χ0n) is 9.77. The average Bonchev–Trinajstić information content (AvgIpc) is 2.68. The van der Waals surface area contributed by atoms with Crippen molar-refractivity contribution >= 4 is 23.4 Å². The fraction of sp³-hybridized carbons (Fsp3) is 0.417. The minimum atomic E-state index is -0.245. The molecule has 1 unspecified atom stereocenters. The number of nitrogens with two attached hydrogens (primary N) is 1. The Kier molecular flexibility index (Phi) is 3.89.